The molecule has 0 amide bonds. The summed E-state index contributed by atoms with van der Waals surface area (Å²) in [5.41, 5.74) is 2.91. The third-order valence-electron chi connectivity index (χ3n) is 11.6. The SMILES string of the molecule is C[C@H](CCc1nc2ccccc2o1)[C@H]1CCC2C3CCC4C[C@H](O)CCC4(C)C3CCC21C. The first-order chi connectivity index (χ1) is 15.9. The van der Waals surface area contributed by atoms with Crippen LogP contribution in [-0.4, -0.2) is 16.2 Å². The van der Waals surface area contributed by atoms with Gasteiger partial charge in [0.2, 0.25) is 0 Å². The van der Waals surface area contributed by atoms with Gasteiger partial charge in [0, 0.05) is 6.42 Å². The van der Waals surface area contributed by atoms with Crippen molar-refractivity contribution < 1.29 is 9.52 Å². The molecule has 6 unspecified atom stereocenters. The van der Waals surface area contributed by atoms with Crippen LogP contribution in [0.4, 0.5) is 0 Å². The van der Waals surface area contributed by atoms with Crippen LogP contribution in [0.2, 0.25) is 0 Å². The molecule has 1 N–H and O–H groups in total. The van der Waals surface area contributed by atoms with Crippen LogP contribution in [0.1, 0.15) is 90.9 Å². The van der Waals surface area contributed by atoms with Crippen LogP contribution in [-0.2, 0) is 6.42 Å². The molecule has 3 nitrogen and oxygen atoms in total. The zero-order valence-corrected chi connectivity index (χ0v) is 20.9. The molecule has 180 valence electrons. The van der Waals surface area contributed by atoms with Gasteiger partial charge in [-0.2, -0.15) is 0 Å². The summed E-state index contributed by atoms with van der Waals surface area (Å²) in [6.07, 6.45) is 14.0. The summed E-state index contributed by atoms with van der Waals surface area (Å²) in [4.78, 5) is 4.73. The number of oxazole rings is 1. The number of benzene rings is 1. The van der Waals surface area contributed by atoms with E-state index in [0.717, 1.165) is 71.8 Å². The molecule has 1 heterocycles. The average molecular weight is 450 g/mol. The van der Waals surface area contributed by atoms with Gasteiger partial charge in [-0.3, -0.25) is 0 Å². The number of aryl methyl sites for hydroxylation is 1. The number of rotatable bonds is 4. The quantitative estimate of drug-likeness (QED) is 0.528. The number of fused-ring (bicyclic) bond motifs is 6. The number of hydrogen-bond donors (Lipinski definition) is 1. The number of aliphatic hydroxyl groups excluding tert-OH is 1. The van der Waals surface area contributed by atoms with E-state index in [1.807, 2.05) is 18.2 Å². The molecule has 0 aliphatic heterocycles. The number of para-hydroxylation sites is 2. The molecule has 0 spiro atoms. The lowest BCUT2D eigenvalue weighted by Gasteiger charge is -2.61. The van der Waals surface area contributed by atoms with Crippen molar-refractivity contribution in [3.05, 3.63) is 30.2 Å². The van der Waals surface area contributed by atoms with Gasteiger partial charge in [0.15, 0.2) is 11.5 Å². The summed E-state index contributed by atoms with van der Waals surface area (Å²) >= 11 is 0. The van der Waals surface area contributed by atoms with Crippen LogP contribution < -0.4 is 0 Å². The normalized spacial score (nSPS) is 43.6. The second-order valence-electron chi connectivity index (χ2n) is 12.9. The van der Waals surface area contributed by atoms with E-state index in [-0.39, 0.29) is 6.10 Å². The van der Waals surface area contributed by atoms with E-state index in [9.17, 15) is 5.11 Å². The average Bonchev–Trinajstić information content (AvgIpc) is 3.38. The van der Waals surface area contributed by atoms with E-state index < -0.39 is 0 Å². The van der Waals surface area contributed by atoms with Crippen molar-refractivity contribution in [1.29, 1.82) is 0 Å². The van der Waals surface area contributed by atoms with Crippen molar-refractivity contribution in [3.8, 4) is 0 Å². The summed E-state index contributed by atoms with van der Waals surface area (Å²) in [5.74, 6) is 5.98. The second-order valence-corrected chi connectivity index (χ2v) is 12.9. The molecule has 3 heteroatoms. The number of hydrogen-bond acceptors (Lipinski definition) is 3. The van der Waals surface area contributed by atoms with Crippen LogP contribution >= 0.6 is 0 Å². The van der Waals surface area contributed by atoms with E-state index >= 15 is 0 Å². The standard InChI is InChI=1S/C30H43NO2/c1-19(8-13-28-31-26-6-4-5-7-27(26)33-28)23-11-12-24-22-10-9-20-18-21(32)14-16-29(20,2)25(22)15-17-30(23,24)3/h4-7,19-25,32H,8-18H2,1-3H3/t19-,20?,21-,22?,23-,24?,25?,29?,30?/m1/s1. The molecule has 2 aromatic rings. The lowest BCUT2D eigenvalue weighted by Crippen LogP contribution is -2.54. The van der Waals surface area contributed by atoms with E-state index in [0.29, 0.717) is 10.8 Å². The van der Waals surface area contributed by atoms with E-state index in [4.69, 9.17) is 9.40 Å². The number of nitrogens with zero attached hydrogens (tertiary/aromatic N) is 1. The maximum atomic E-state index is 10.3. The lowest BCUT2D eigenvalue weighted by atomic mass is 9.44. The summed E-state index contributed by atoms with van der Waals surface area (Å²) in [5, 5.41) is 10.3. The first-order valence-corrected chi connectivity index (χ1v) is 13.9. The van der Waals surface area contributed by atoms with Gasteiger partial charge in [-0.05, 0) is 123 Å². The topological polar surface area (TPSA) is 46.3 Å². The van der Waals surface area contributed by atoms with Crippen molar-refractivity contribution in [2.24, 2.45) is 46.3 Å². The zero-order chi connectivity index (χ0) is 22.8. The molecule has 4 saturated carbocycles. The van der Waals surface area contributed by atoms with Crippen molar-refractivity contribution in [2.75, 3.05) is 0 Å². The maximum Gasteiger partial charge on any atom is 0.195 e. The Hall–Kier alpha value is -1.35. The van der Waals surface area contributed by atoms with Gasteiger partial charge in [0.25, 0.3) is 0 Å². The van der Waals surface area contributed by atoms with Gasteiger partial charge in [-0.25, -0.2) is 4.98 Å². The largest absolute Gasteiger partial charge is 0.441 e. The van der Waals surface area contributed by atoms with E-state index in [2.05, 4.69) is 26.8 Å². The summed E-state index contributed by atoms with van der Waals surface area (Å²) in [6, 6.07) is 8.14. The highest BCUT2D eigenvalue weighted by atomic mass is 16.3. The molecule has 4 aliphatic rings. The van der Waals surface area contributed by atoms with E-state index in [1.165, 1.54) is 51.4 Å². The predicted octanol–water partition coefficient (Wildman–Crippen LogP) is 7.42. The molecule has 0 saturated heterocycles. The minimum absolute atomic E-state index is 0.0357. The molecule has 33 heavy (non-hydrogen) atoms. The van der Waals surface area contributed by atoms with Gasteiger partial charge < -0.3 is 9.52 Å². The monoisotopic (exact) mass is 449 g/mol. The Labute approximate surface area is 199 Å². The second kappa shape index (κ2) is 8.11. The molecular weight excluding hydrogens is 406 g/mol. The highest BCUT2D eigenvalue weighted by molar-refractivity contribution is 5.72. The van der Waals surface area contributed by atoms with Crippen LogP contribution in [0.25, 0.3) is 11.1 Å². The lowest BCUT2D eigenvalue weighted by molar-refractivity contribution is -0.129. The first kappa shape index (κ1) is 22.1. The smallest absolute Gasteiger partial charge is 0.195 e. The fraction of sp³-hybridized carbons (Fsp3) is 0.767. The van der Waals surface area contributed by atoms with Crippen LogP contribution in [0.5, 0.6) is 0 Å². The predicted molar refractivity (Wildman–Crippen MR) is 133 cm³/mol. The molecule has 9 atom stereocenters. The third kappa shape index (κ3) is 3.51. The van der Waals surface area contributed by atoms with Gasteiger partial charge in [-0.1, -0.05) is 32.9 Å². The highest BCUT2D eigenvalue weighted by Crippen LogP contribution is 2.68. The first-order valence-electron chi connectivity index (χ1n) is 13.9. The van der Waals surface area contributed by atoms with Crippen molar-refractivity contribution in [2.45, 2.75) is 97.5 Å². The van der Waals surface area contributed by atoms with Crippen molar-refractivity contribution in [1.82, 2.24) is 4.98 Å². The summed E-state index contributed by atoms with van der Waals surface area (Å²) in [6.45, 7) is 7.78. The Kier molecular flexibility index (Phi) is 5.44. The summed E-state index contributed by atoms with van der Waals surface area (Å²) < 4.78 is 6.02. The Morgan fingerprint density at radius 1 is 1.00 bits per heavy atom. The minimum atomic E-state index is -0.0357. The van der Waals surface area contributed by atoms with Crippen molar-refractivity contribution >= 4 is 11.1 Å². The Balaban J connectivity index is 1.15. The zero-order valence-electron chi connectivity index (χ0n) is 20.9. The molecule has 1 aromatic heterocycles. The van der Waals surface area contributed by atoms with Crippen LogP contribution in [0, 0.1) is 46.3 Å². The number of aliphatic hydroxyl groups is 1. The van der Waals surface area contributed by atoms with Gasteiger partial charge >= 0.3 is 0 Å². The molecule has 1 aromatic carbocycles. The highest BCUT2D eigenvalue weighted by Gasteiger charge is 2.60. The number of aromatic nitrogens is 1. The van der Waals surface area contributed by atoms with Gasteiger partial charge in [0.1, 0.15) is 5.52 Å². The van der Waals surface area contributed by atoms with Crippen LogP contribution in [0.15, 0.2) is 28.7 Å². The molecule has 4 fully saturated rings. The summed E-state index contributed by atoms with van der Waals surface area (Å²) in [7, 11) is 0. The molecule has 0 radical (unpaired) electrons. The van der Waals surface area contributed by atoms with Gasteiger partial charge in [-0.15, -0.1) is 0 Å². The minimum Gasteiger partial charge on any atom is -0.441 e. The van der Waals surface area contributed by atoms with Gasteiger partial charge in [0.05, 0.1) is 6.10 Å². The Bertz CT molecular complexity index is 965. The Morgan fingerprint density at radius 3 is 2.64 bits per heavy atom. The Morgan fingerprint density at radius 2 is 1.79 bits per heavy atom. The molecule has 4 aliphatic carbocycles. The molecule has 0 bridgehead atoms. The third-order valence-corrected chi connectivity index (χ3v) is 11.6. The fourth-order valence-corrected chi connectivity index (χ4v) is 9.79. The molecule has 6 rings (SSSR count). The fourth-order valence-electron chi connectivity index (χ4n) is 9.79. The maximum absolute atomic E-state index is 10.3. The van der Waals surface area contributed by atoms with Crippen molar-refractivity contribution in [3.63, 3.8) is 0 Å². The van der Waals surface area contributed by atoms with E-state index in [1.54, 1.807) is 0 Å². The van der Waals surface area contributed by atoms with Crippen LogP contribution in [0.3, 0.4) is 0 Å². The molecular formula is C30H43NO2.